The molecule has 1 aromatic heterocycles. The zero-order valence-electron chi connectivity index (χ0n) is 19.4. The molecular weight excluding hydrogens is 458 g/mol. The summed E-state index contributed by atoms with van der Waals surface area (Å²) in [6, 6.07) is 7.96. The van der Waals surface area contributed by atoms with Crippen molar-refractivity contribution in [2.75, 3.05) is 51.1 Å². The number of carbonyl (C=O) groups excluding carboxylic acids is 2. The minimum absolute atomic E-state index is 0.186. The van der Waals surface area contributed by atoms with Gasteiger partial charge in [-0.1, -0.05) is 18.0 Å². The fourth-order valence-corrected chi connectivity index (χ4v) is 5.79. The predicted octanol–water partition coefficient (Wildman–Crippen LogP) is 1.94. The standard InChI is InChI=1S/C23H31N5O5S/c1-18-16-21(33-25-18)23(30)27-14-12-26(13-15-27)17-22(29)24-19-6-8-20(9-7-19)34(31,32)28-10-4-2-3-5-11-28/h6-9,16H,2-5,10-15,17H2,1H3,(H,24,29). The highest BCUT2D eigenvalue weighted by molar-refractivity contribution is 7.89. The van der Waals surface area contributed by atoms with Gasteiger partial charge in [0.2, 0.25) is 21.7 Å². The second kappa shape index (κ2) is 10.7. The Morgan fingerprint density at radius 3 is 2.21 bits per heavy atom. The van der Waals surface area contributed by atoms with Crippen LogP contribution in [0.3, 0.4) is 0 Å². The molecule has 4 rings (SSSR count). The fourth-order valence-electron chi connectivity index (χ4n) is 4.27. The van der Waals surface area contributed by atoms with Crippen LogP contribution in [0.2, 0.25) is 0 Å². The van der Waals surface area contributed by atoms with Gasteiger partial charge >= 0.3 is 0 Å². The highest BCUT2D eigenvalue weighted by Gasteiger charge is 2.27. The monoisotopic (exact) mass is 489 g/mol. The molecule has 0 atom stereocenters. The quantitative estimate of drug-likeness (QED) is 0.659. The van der Waals surface area contributed by atoms with E-state index in [0.29, 0.717) is 50.6 Å². The van der Waals surface area contributed by atoms with Gasteiger partial charge in [-0.15, -0.1) is 0 Å². The van der Waals surface area contributed by atoms with Crippen LogP contribution in [0.5, 0.6) is 0 Å². The third-order valence-corrected chi connectivity index (χ3v) is 8.12. The SMILES string of the molecule is Cc1cc(C(=O)N2CCN(CC(=O)Nc3ccc(S(=O)(=O)N4CCCCCC4)cc3)CC2)on1. The molecule has 1 N–H and O–H groups in total. The topological polar surface area (TPSA) is 116 Å². The van der Waals surface area contributed by atoms with Gasteiger partial charge < -0.3 is 14.7 Å². The fraction of sp³-hybridized carbons (Fsp3) is 0.522. The first-order valence-corrected chi connectivity index (χ1v) is 13.1. The van der Waals surface area contributed by atoms with Crippen LogP contribution in [0.15, 0.2) is 39.8 Å². The summed E-state index contributed by atoms with van der Waals surface area (Å²) in [6.45, 7) is 5.19. The molecule has 2 aromatic rings. The largest absolute Gasteiger partial charge is 0.351 e. The summed E-state index contributed by atoms with van der Waals surface area (Å²) >= 11 is 0. The normalized spacial score (nSPS) is 18.4. The first-order valence-electron chi connectivity index (χ1n) is 11.7. The first-order chi connectivity index (χ1) is 16.3. The number of hydrogen-bond acceptors (Lipinski definition) is 7. The van der Waals surface area contributed by atoms with Gasteiger partial charge in [0, 0.05) is 51.0 Å². The average molecular weight is 490 g/mol. The summed E-state index contributed by atoms with van der Waals surface area (Å²) in [5.74, 6) is -0.154. The van der Waals surface area contributed by atoms with Gasteiger partial charge in [-0.3, -0.25) is 14.5 Å². The van der Waals surface area contributed by atoms with E-state index in [-0.39, 0.29) is 29.0 Å². The number of aryl methyl sites for hydroxylation is 1. The molecule has 0 saturated carbocycles. The summed E-state index contributed by atoms with van der Waals surface area (Å²) in [7, 11) is -3.51. The van der Waals surface area contributed by atoms with E-state index in [1.807, 2.05) is 4.90 Å². The number of amides is 2. The van der Waals surface area contributed by atoms with Gasteiger partial charge in [0.05, 0.1) is 17.1 Å². The molecule has 0 radical (unpaired) electrons. The number of benzene rings is 1. The second-order valence-electron chi connectivity index (χ2n) is 8.79. The van der Waals surface area contributed by atoms with E-state index in [1.54, 1.807) is 46.5 Å². The van der Waals surface area contributed by atoms with E-state index in [4.69, 9.17) is 4.52 Å². The van der Waals surface area contributed by atoms with Gasteiger partial charge in [0.15, 0.2) is 0 Å². The van der Waals surface area contributed by atoms with E-state index < -0.39 is 10.0 Å². The number of hydrogen-bond donors (Lipinski definition) is 1. The van der Waals surface area contributed by atoms with Gasteiger partial charge in [0.1, 0.15) is 0 Å². The number of sulfonamides is 1. The Morgan fingerprint density at radius 2 is 1.62 bits per heavy atom. The van der Waals surface area contributed by atoms with Crippen LogP contribution in [0.25, 0.3) is 0 Å². The zero-order valence-corrected chi connectivity index (χ0v) is 20.2. The molecular formula is C23H31N5O5S. The van der Waals surface area contributed by atoms with Crippen LogP contribution in [-0.2, 0) is 14.8 Å². The number of carbonyl (C=O) groups is 2. The molecule has 2 fully saturated rings. The molecule has 3 heterocycles. The van der Waals surface area contributed by atoms with E-state index in [9.17, 15) is 18.0 Å². The van der Waals surface area contributed by atoms with E-state index in [0.717, 1.165) is 25.7 Å². The summed E-state index contributed by atoms with van der Waals surface area (Å²) in [5.41, 5.74) is 1.21. The molecule has 184 valence electrons. The first kappa shape index (κ1) is 24.4. The summed E-state index contributed by atoms with van der Waals surface area (Å²) in [4.78, 5) is 28.9. The number of aromatic nitrogens is 1. The van der Waals surface area contributed by atoms with Crippen molar-refractivity contribution in [3.05, 3.63) is 41.8 Å². The van der Waals surface area contributed by atoms with Crippen molar-refractivity contribution in [2.24, 2.45) is 0 Å². The number of piperazine rings is 1. The van der Waals surface area contributed by atoms with Crippen LogP contribution in [0, 0.1) is 6.92 Å². The smallest absolute Gasteiger partial charge is 0.292 e. The van der Waals surface area contributed by atoms with Crippen molar-refractivity contribution in [3.63, 3.8) is 0 Å². The van der Waals surface area contributed by atoms with Crippen molar-refractivity contribution < 1.29 is 22.5 Å². The molecule has 0 spiro atoms. The van der Waals surface area contributed by atoms with E-state index in [2.05, 4.69) is 10.5 Å². The molecule has 34 heavy (non-hydrogen) atoms. The van der Waals surface area contributed by atoms with Gasteiger partial charge in [-0.05, 0) is 44.0 Å². The molecule has 11 heteroatoms. The highest BCUT2D eigenvalue weighted by atomic mass is 32.2. The summed E-state index contributed by atoms with van der Waals surface area (Å²) in [6.07, 6.45) is 3.89. The molecule has 2 saturated heterocycles. The van der Waals surface area contributed by atoms with E-state index in [1.165, 1.54) is 0 Å². The Morgan fingerprint density at radius 1 is 0.971 bits per heavy atom. The maximum atomic E-state index is 12.9. The molecule has 2 aliphatic heterocycles. The van der Waals surface area contributed by atoms with Crippen molar-refractivity contribution in [2.45, 2.75) is 37.5 Å². The molecule has 0 bridgehead atoms. The molecule has 0 aliphatic carbocycles. The van der Waals surface area contributed by atoms with Crippen molar-refractivity contribution in [1.29, 1.82) is 0 Å². The van der Waals surface area contributed by atoms with Gasteiger partial charge in [0.25, 0.3) is 5.91 Å². The minimum atomic E-state index is -3.51. The molecule has 2 amide bonds. The lowest BCUT2D eigenvalue weighted by Gasteiger charge is -2.33. The molecule has 2 aliphatic rings. The Hall–Kier alpha value is -2.76. The predicted molar refractivity (Wildman–Crippen MR) is 126 cm³/mol. The van der Waals surface area contributed by atoms with Crippen LogP contribution in [-0.4, -0.2) is 85.3 Å². The van der Waals surface area contributed by atoms with Crippen molar-refractivity contribution in [3.8, 4) is 0 Å². The second-order valence-corrected chi connectivity index (χ2v) is 10.7. The lowest BCUT2D eigenvalue weighted by Crippen LogP contribution is -2.50. The maximum Gasteiger partial charge on any atom is 0.292 e. The molecule has 1 aromatic carbocycles. The van der Waals surface area contributed by atoms with Crippen molar-refractivity contribution in [1.82, 2.24) is 19.3 Å². The third kappa shape index (κ3) is 5.83. The lowest BCUT2D eigenvalue weighted by atomic mass is 10.2. The lowest BCUT2D eigenvalue weighted by molar-refractivity contribution is -0.117. The van der Waals surface area contributed by atoms with Crippen molar-refractivity contribution >= 4 is 27.5 Å². The minimum Gasteiger partial charge on any atom is -0.351 e. The van der Waals surface area contributed by atoms with Crippen LogP contribution in [0.1, 0.15) is 41.9 Å². The Balaban J connectivity index is 1.26. The average Bonchev–Trinajstić information content (AvgIpc) is 3.07. The van der Waals surface area contributed by atoms with Crippen LogP contribution < -0.4 is 5.32 Å². The van der Waals surface area contributed by atoms with E-state index >= 15 is 0 Å². The molecule has 10 nitrogen and oxygen atoms in total. The van der Waals surface area contributed by atoms with Crippen LogP contribution >= 0.6 is 0 Å². The number of nitrogens with one attached hydrogen (secondary N) is 1. The summed E-state index contributed by atoms with van der Waals surface area (Å²) < 4.78 is 32.4. The van der Waals surface area contributed by atoms with Crippen LogP contribution in [0.4, 0.5) is 5.69 Å². The third-order valence-electron chi connectivity index (χ3n) is 6.21. The summed E-state index contributed by atoms with van der Waals surface area (Å²) in [5, 5.41) is 6.58. The highest BCUT2D eigenvalue weighted by Crippen LogP contribution is 2.22. The Labute approximate surface area is 199 Å². The maximum absolute atomic E-state index is 12.9. The van der Waals surface area contributed by atoms with Gasteiger partial charge in [-0.25, -0.2) is 8.42 Å². The number of anilines is 1. The number of nitrogens with zero attached hydrogens (tertiary/aromatic N) is 4. The number of rotatable bonds is 6. The Kier molecular flexibility index (Phi) is 7.64. The Bertz CT molecular complexity index is 1100. The molecule has 0 unspecified atom stereocenters. The zero-order chi connectivity index (χ0) is 24.1. The van der Waals surface area contributed by atoms with Gasteiger partial charge in [-0.2, -0.15) is 4.31 Å².